The van der Waals surface area contributed by atoms with E-state index in [2.05, 4.69) is 23.4 Å². The van der Waals surface area contributed by atoms with Crippen LogP contribution in [0.4, 0.5) is 17.2 Å². The van der Waals surface area contributed by atoms with Gasteiger partial charge in [-0.05, 0) is 18.1 Å². The van der Waals surface area contributed by atoms with Crippen molar-refractivity contribution in [2.75, 3.05) is 11.1 Å². The van der Waals surface area contributed by atoms with Crippen LogP contribution in [0, 0.1) is 0 Å². The molecule has 4 nitrogen and oxygen atoms in total. The lowest BCUT2D eigenvalue weighted by Gasteiger charge is -2.08. The van der Waals surface area contributed by atoms with Crippen molar-refractivity contribution in [1.82, 2.24) is 9.78 Å². The summed E-state index contributed by atoms with van der Waals surface area (Å²) >= 11 is 0. The molecule has 1 aromatic carbocycles. The summed E-state index contributed by atoms with van der Waals surface area (Å²) in [5.41, 5.74) is 8.82. The van der Waals surface area contributed by atoms with Crippen molar-refractivity contribution in [3.05, 3.63) is 36.0 Å². The fraction of sp³-hybridized carbons (Fsp3) is 0.250. The molecule has 2 rings (SSSR count). The second kappa shape index (κ2) is 4.26. The number of nitrogens with two attached hydrogens (primary N) is 1. The maximum atomic E-state index is 5.83. The van der Waals surface area contributed by atoms with Crippen LogP contribution in [0.2, 0.25) is 0 Å². The molecule has 0 fully saturated rings. The largest absolute Gasteiger partial charge is 0.394 e. The van der Waals surface area contributed by atoms with Gasteiger partial charge in [-0.2, -0.15) is 5.10 Å². The van der Waals surface area contributed by atoms with E-state index in [1.165, 1.54) is 5.56 Å². The maximum absolute atomic E-state index is 5.83. The number of benzene rings is 1. The molecule has 0 unspecified atom stereocenters. The molecule has 0 aliphatic rings. The van der Waals surface area contributed by atoms with Crippen LogP contribution in [0.5, 0.6) is 0 Å². The van der Waals surface area contributed by atoms with E-state index < -0.39 is 0 Å². The fourth-order valence-corrected chi connectivity index (χ4v) is 1.68. The third-order valence-corrected chi connectivity index (χ3v) is 2.51. The summed E-state index contributed by atoms with van der Waals surface area (Å²) < 4.78 is 1.70. The number of anilines is 3. The van der Waals surface area contributed by atoms with E-state index in [9.17, 15) is 0 Å². The minimum Gasteiger partial charge on any atom is -0.394 e. The first-order valence-electron chi connectivity index (χ1n) is 5.34. The summed E-state index contributed by atoms with van der Waals surface area (Å²) in [6.45, 7) is 2.13. The number of hydrogen-bond acceptors (Lipinski definition) is 3. The second-order valence-electron chi connectivity index (χ2n) is 3.74. The molecule has 2 aromatic rings. The van der Waals surface area contributed by atoms with E-state index in [0.717, 1.165) is 12.1 Å². The number of aromatic nitrogens is 2. The molecular formula is C12H16N4. The summed E-state index contributed by atoms with van der Waals surface area (Å²) in [6.07, 6.45) is 2.77. The molecule has 1 aromatic heterocycles. The monoisotopic (exact) mass is 216 g/mol. The molecule has 0 spiro atoms. The van der Waals surface area contributed by atoms with E-state index >= 15 is 0 Å². The van der Waals surface area contributed by atoms with Gasteiger partial charge in [0, 0.05) is 18.9 Å². The van der Waals surface area contributed by atoms with Crippen LogP contribution in [-0.2, 0) is 13.5 Å². The van der Waals surface area contributed by atoms with E-state index in [4.69, 9.17) is 5.73 Å². The SMILES string of the molecule is CCc1ccccc1Nc1nn(C)cc1N. The standard InChI is InChI=1S/C12H16N4/c1-3-9-6-4-5-7-11(9)14-12-10(13)8-16(2)15-12/h4-8H,3,13H2,1-2H3,(H,14,15). The molecule has 0 saturated carbocycles. The summed E-state index contributed by atoms with van der Waals surface area (Å²) in [6, 6.07) is 8.17. The molecule has 16 heavy (non-hydrogen) atoms. The number of nitrogen functional groups attached to an aromatic ring is 1. The summed E-state index contributed by atoms with van der Waals surface area (Å²) in [7, 11) is 1.85. The highest BCUT2D eigenvalue weighted by Gasteiger charge is 2.06. The Morgan fingerprint density at radius 3 is 2.75 bits per heavy atom. The number of nitrogens with one attached hydrogen (secondary N) is 1. The van der Waals surface area contributed by atoms with Gasteiger partial charge in [-0.1, -0.05) is 25.1 Å². The highest BCUT2D eigenvalue weighted by Crippen LogP contribution is 2.23. The first kappa shape index (κ1) is 10.5. The van der Waals surface area contributed by atoms with Gasteiger partial charge < -0.3 is 11.1 Å². The Bertz CT molecular complexity index is 488. The van der Waals surface area contributed by atoms with Crippen molar-refractivity contribution >= 4 is 17.2 Å². The van der Waals surface area contributed by atoms with E-state index in [0.29, 0.717) is 11.5 Å². The quantitative estimate of drug-likeness (QED) is 0.827. The topological polar surface area (TPSA) is 55.9 Å². The van der Waals surface area contributed by atoms with Crippen LogP contribution in [0.1, 0.15) is 12.5 Å². The molecule has 0 amide bonds. The smallest absolute Gasteiger partial charge is 0.175 e. The average molecular weight is 216 g/mol. The Morgan fingerprint density at radius 1 is 1.38 bits per heavy atom. The molecular weight excluding hydrogens is 200 g/mol. The number of nitrogens with zero attached hydrogens (tertiary/aromatic N) is 2. The lowest BCUT2D eigenvalue weighted by Crippen LogP contribution is -1.98. The minimum atomic E-state index is 0.661. The zero-order valence-corrected chi connectivity index (χ0v) is 9.57. The lowest BCUT2D eigenvalue weighted by molar-refractivity contribution is 0.771. The number of hydrogen-bond donors (Lipinski definition) is 2. The lowest BCUT2D eigenvalue weighted by atomic mass is 10.1. The second-order valence-corrected chi connectivity index (χ2v) is 3.74. The highest BCUT2D eigenvalue weighted by atomic mass is 15.3. The van der Waals surface area contributed by atoms with Gasteiger partial charge in [0.1, 0.15) is 0 Å². The molecule has 0 aliphatic carbocycles. The molecule has 4 heteroatoms. The van der Waals surface area contributed by atoms with Crippen LogP contribution in [-0.4, -0.2) is 9.78 Å². The van der Waals surface area contributed by atoms with Gasteiger partial charge in [0.15, 0.2) is 5.82 Å². The molecule has 3 N–H and O–H groups in total. The summed E-state index contributed by atoms with van der Waals surface area (Å²) in [5, 5.41) is 7.52. The first-order valence-corrected chi connectivity index (χ1v) is 5.34. The Balaban J connectivity index is 2.30. The summed E-state index contributed by atoms with van der Waals surface area (Å²) in [4.78, 5) is 0. The van der Waals surface area contributed by atoms with E-state index in [-0.39, 0.29) is 0 Å². The van der Waals surface area contributed by atoms with Gasteiger partial charge in [0.25, 0.3) is 0 Å². The Kier molecular flexibility index (Phi) is 2.81. The van der Waals surface area contributed by atoms with Crippen molar-refractivity contribution in [1.29, 1.82) is 0 Å². The van der Waals surface area contributed by atoms with Crippen LogP contribution in [0.15, 0.2) is 30.5 Å². The van der Waals surface area contributed by atoms with Crippen molar-refractivity contribution < 1.29 is 0 Å². The number of para-hydroxylation sites is 1. The van der Waals surface area contributed by atoms with Crippen molar-refractivity contribution in [2.24, 2.45) is 7.05 Å². The first-order chi connectivity index (χ1) is 7.70. The predicted octanol–water partition coefficient (Wildman–Crippen LogP) is 2.31. The minimum absolute atomic E-state index is 0.661. The van der Waals surface area contributed by atoms with Crippen LogP contribution < -0.4 is 11.1 Å². The molecule has 0 radical (unpaired) electrons. The molecule has 0 bridgehead atoms. The highest BCUT2D eigenvalue weighted by molar-refractivity contribution is 5.69. The summed E-state index contributed by atoms with van der Waals surface area (Å²) in [5.74, 6) is 0.711. The van der Waals surface area contributed by atoms with Crippen molar-refractivity contribution in [2.45, 2.75) is 13.3 Å². The molecule has 84 valence electrons. The third kappa shape index (κ3) is 2.00. The van der Waals surface area contributed by atoms with Crippen molar-refractivity contribution in [3.8, 4) is 0 Å². The Morgan fingerprint density at radius 2 is 2.12 bits per heavy atom. The van der Waals surface area contributed by atoms with Gasteiger partial charge in [-0.25, -0.2) is 0 Å². The normalized spacial score (nSPS) is 10.4. The van der Waals surface area contributed by atoms with Gasteiger partial charge in [-0.3, -0.25) is 4.68 Å². The van der Waals surface area contributed by atoms with E-state index in [1.54, 1.807) is 10.9 Å². The molecule has 0 saturated heterocycles. The van der Waals surface area contributed by atoms with Crippen LogP contribution >= 0.6 is 0 Å². The number of aryl methyl sites for hydroxylation is 2. The van der Waals surface area contributed by atoms with Gasteiger partial charge in [0.2, 0.25) is 0 Å². The van der Waals surface area contributed by atoms with E-state index in [1.807, 2.05) is 25.2 Å². The fourth-order valence-electron chi connectivity index (χ4n) is 1.68. The van der Waals surface area contributed by atoms with Crippen LogP contribution in [0.25, 0.3) is 0 Å². The molecule has 1 heterocycles. The Labute approximate surface area is 95.1 Å². The van der Waals surface area contributed by atoms with Gasteiger partial charge in [0.05, 0.1) is 5.69 Å². The third-order valence-electron chi connectivity index (χ3n) is 2.51. The zero-order valence-electron chi connectivity index (χ0n) is 9.57. The van der Waals surface area contributed by atoms with Gasteiger partial charge >= 0.3 is 0 Å². The Hall–Kier alpha value is -1.97. The van der Waals surface area contributed by atoms with Crippen LogP contribution in [0.3, 0.4) is 0 Å². The molecule has 0 aliphatic heterocycles. The average Bonchev–Trinajstić information content (AvgIpc) is 2.58. The zero-order chi connectivity index (χ0) is 11.5. The number of rotatable bonds is 3. The predicted molar refractivity (Wildman–Crippen MR) is 66.7 cm³/mol. The maximum Gasteiger partial charge on any atom is 0.175 e. The molecule has 0 atom stereocenters. The van der Waals surface area contributed by atoms with Gasteiger partial charge in [-0.15, -0.1) is 0 Å². The van der Waals surface area contributed by atoms with Crippen molar-refractivity contribution in [3.63, 3.8) is 0 Å².